The Morgan fingerprint density at radius 1 is 1.50 bits per heavy atom. The van der Waals surface area contributed by atoms with E-state index >= 15 is 0 Å². The average molecular weight is 297 g/mol. The monoisotopic (exact) mass is 297 g/mol. The Morgan fingerprint density at radius 3 is 2.80 bits per heavy atom. The van der Waals surface area contributed by atoms with Gasteiger partial charge in [0.1, 0.15) is 6.33 Å². The molecule has 0 aliphatic rings. The Hall–Kier alpha value is -1.54. The number of anilines is 1. The average Bonchev–Trinajstić information content (AvgIpc) is 2.66. The molecule has 0 aliphatic heterocycles. The molecule has 2 heterocycles. The van der Waals surface area contributed by atoms with Crippen molar-refractivity contribution in [1.82, 2.24) is 19.1 Å². The van der Waals surface area contributed by atoms with Gasteiger partial charge in [0.05, 0.1) is 11.5 Å². The number of rotatable bonds is 5. The maximum Gasteiger partial charge on any atom is 0.280 e. The standard InChI is InChI=1S/C12H19N5O2S/c1-12(2,20)17-7-14-9-8(10(17)18)16(3)11(15-9)13-5-6-19-4/h7,20H,5-6H2,1-4H3,(H,13,15). The van der Waals surface area contributed by atoms with E-state index in [-0.39, 0.29) is 5.56 Å². The molecule has 2 aromatic rings. The molecular formula is C12H19N5O2S. The molecule has 0 saturated carbocycles. The van der Waals surface area contributed by atoms with Crippen LogP contribution in [0, 0.1) is 0 Å². The summed E-state index contributed by atoms with van der Waals surface area (Å²) >= 11 is 4.41. The largest absolute Gasteiger partial charge is 0.383 e. The molecule has 0 atom stereocenters. The van der Waals surface area contributed by atoms with Crippen LogP contribution in [0.5, 0.6) is 0 Å². The van der Waals surface area contributed by atoms with Gasteiger partial charge in [0.15, 0.2) is 11.2 Å². The van der Waals surface area contributed by atoms with Gasteiger partial charge in [-0.1, -0.05) is 0 Å². The van der Waals surface area contributed by atoms with Crippen LogP contribution in [0.3, 0.4) is 0 Å². The van der Waals surface area contributed by atoms with Gasteiger partial charge in [-0.25, -0.2) is 4.98 Å². The molecule has 0 radical (unpaired) electrons. The molecule has 0 aliphatic carbocycles. The molecular weight excluding hydrogens is 278 g/mol. The number of aromatic nitrogens is 4. The maximum atomic E-state index is 12.5. The highest BCUT2D eigenvalue weighted by molar-refractivity contribution is 7.81. The van der Waals surface area contributed by atoms with Gasteiger partial charge in [-0.3, -0.25) is 9.36 Å². The summed E-state index contributed by atoms with van der Waals surface area (Å²) in [6.07, 6.45) is 1.48. The summed E-state index contributed by atoms with van der Waals surface area (Å²) in [4.78, 5) is 20.4. The second-order valence-corrected chi connectivity index (χ2v) is 6.09. The zero-order valence-electron chi connectivity index (χ0n) is 12.0. The Labute approximate surface area is 122 Å². The molecule has 20 heavy (non-hydrogen) atoms. The minimum Gasteiger partial charge on any atom is -0.383 e. The van der Waals surface area contributed by atoms with Crippen molar-refractivity contribution in [2.75, 3.05) is 25.6 Å². The number of methoxy groups -OCH3 is 1. The summed E-state index contributed by atoms with van der Waals surface area (Å²) in [7, 11) is 3.41. The predicted molar refractivity (Wildman–Crippen MR) is 81.4 cm³/mol. The third-order valence-corrected chi connectivity index (χ3v) is 3.19. The second-order valence-electron chi connectivity index (χ2n) is 5.00. The van der Waals surface area contributed by atoms with Crippen LogP contribution in [0.25, 0.3) is 11.2 Å². The van der Waals surface area contributed by atoms with Gasteiger partial charge in [0, 0.05) is 20.7 Å². The highest BCUT2D eigenvalue weighted by Gasteiger charge is 2.20. The second kappa shape index (κ2) is 5.45. The first-order valence-electron chi connectivity index (χ1n) is 6.26. The van der Waals surface area contributed by atoms with Crippen molar-refractivity contribution >= 4 is 29.7 Å². The molecule has 7 nitrogen and oxygen atoms in total. The van der Waals surface area contributed by atoms with Crippen molar-refractivity contribution in [3.05, 3.63) is 16.7 Å². The van der Waals surface area contributed by atoms with Crippen LogP contribution < -0.4 is 10.9 Å². The lowest BCUT2D eigenvalue weighted by Crippen LogP contribution is -2.32. The minimum absolute atomic E-state index is 0.162. The molecule has 0 spiro atoms. The highest BCUT2D eigenvalue weighted by Crippen LogP contribution is 2.19. The van der Waals surface area contributed by atoms with E-state index in [2.05, 4.69) is 27.9 Å². The van der Waals surface area contributed by atoms with Gasteiger partial charge in [-0.15, -0.1) is 0 Å². The molecule has 0 amide bonds. The molecule has 2 rings (SSSR count). The first-order valence-corrected chi connectivity index (χ1v) is 6.70. The highest BCUT2D eigenvalue weighted by atomic mass is 32.1. The zero-order chi connectivity index (χ0) is 14.9. The van der Waals surface area contributed by atoms with Gasteiger partial charge in [0.2, 0.25) is 5.95 Å². The lowest BCUT2D eigenvalue weighted by Gasteiger charge is -2.20. The molecule has 0 fully saturated rings. The van der Waals surface area contributed by atoms with E-state index < -0.39 is 4.87 Å². The first kappa shape index (κ1) is 14.9. The lowest BCUT2D eigenvalue weighted by molar-refractivity contribution is 0.210. The van der Waals surface area contributed by atoms with Gasteiger partial charge in [0.25, 0.3) is 5.56 Å². The fraction of sp³-hybridized carbons (Fsp3) is 0.583. The van der Waals surface area contributed by atoms with E-state index in [9.17, 15) is 4.79 Å². The molecule has 1 N–H and O–H groups in total. The van der Waals surface area contributed by atoms with Gasteiger partial charge >= 0.3 is 0 Å². The van der Waals surface area contributed by atoms with Gasteiger partial charge in [-0.05, 0) is 13.8 Å². The summed E-state index contributed by atoms with van der Waals surface area (Å²) < 4.78 is 8.16. The normalized spacial score (nSPS) is 12.1. The SMILES string of the molecule is COCCNc1nc2ncn(C(C)(C)S)c(=O)c2n1C. The molecule has 0 saturated heterocycles. The van der Waals surface area contributed by atoms with Crippen molar-refractivity contribution in [1.29, 1.82) is 0 Å². The molecule has 8 heteroatoms. The molecule has 0 aromatic carbocycles. The summed E-state index contributed by atoms with van der Waals surface area (Å²) in [6, 6.07) is 0. The van der Waals surface area contributed by atoms with E-state index in [0.717, 1.165) is 0 Å². The summed E-state index contributed by atoms with van der Waals surface area (Å²) in [5.41, 5.74) is 0.714. The number of ether oxygens (including phenoxy) is 1. The molecule has 0 unspecified atom stereocenters. The van der Waals surface area contributed by atoms with Crippen molar-refractivity contribution in [2.24, 2.45) is 7.05 Å². The number of fused-ring (bicyclic) bond motifs is 1. The van der Waals surface area contributed by atoms with Gasteiger partial charge < -0.3 is 14.6 Å². The first-order chi connectivity index (χ1) is 9.36. The molecule has 110 valence electrons. The van der Waals surface area contributed by atoms with Crippen LogP contribution in [0.2, 0.25) is 0 Å². The third kappa shape index (κ3) is 2.66. The number of hydrogen-bond acceptors (Lipinski definition) is 6. The Bertz CT molecular complexity index is 671. The van der Waals surface area contributed by atoms with E-state index in [0.29, 0.717) is 30.3 Å². The van der Waals surface area contributed by atoms with Crippen LogP contribution in [-0.2, 0) is 16.7 Å². The quantitative estimate of drug-likeness (QED) is 0.631. The predicted octanol–water partition coefficient (Wildman–Crippen LogP) is 0.811. The Morgan fingerprint density at radius 2 is 2.20 bits per heavy atom. The smallest absolute Gasteiger partial charge is 0.280 e. The minimum atomic E-state index is -0.619. The number of nitrogens with zero attached hydrogens (tertiary/aromatic N) is 4. The Kier molecular flexibility index (Phi) is 4.05. The number of imidazole rings is 1. The number of nitrogens with one attached hydrogen (secondary N) is 1. The fourth-order valence-corrected chi connectivity index (χ4v) is 2.05. The topological polar surface area (TPSA) is 74.0 Å². The number of hydrogen-bond donors (Lipinski definition) is 2. The van der Waals surface area contributed by atoms with Crippen LogP contribution in [0.1, 0.15) is 13.8 Å². The van der Waals surface area contributed by atoms with Crippen LogP contribution >= 0.6 is 12.6 Å². The van der Waals surface area contributed by atoms with E-state index in [1.54, 1.807) is 18.7 Å². The lowest BCUT2D eigenvalue weighted by atomic mass is 10.3. The van der Waals surface area contributed by atoms with Gasteiger partial charge in [-0.2, -0.15) is 17.6 Å². The summed E-state index contributed by atoms with van der Waals surface area (Å²) in [5, 5.41) is 3.11. The van der Waals surface area contributed by atoms with E-state index in [4.69, 9.17) is 4.74 Å². The van der Waals surface area contributed by atoms with E-state index in [1.807, 2.05) is 13.8 Å². The van der Waals surface area contributed by atoms with E-state index in [1.165, 1.54) is 10.9 Å². The third-order valence-electron chi connectivity index (χ3n) is 2.97. The van der Waals surface area contributed by atoms with Crippen molar-refractivity contribution < 1.29 is 4.74 Å². The van der Waals surface area contributed by atoms with Crippen LogP contribution in [0.15, 0.2) is 11.1 Å². The van der Waals surface area contributed by atoms with Crippen molar-refractivity contribution in [3.63, 3.8) is 0 Å². The summed E-state index contributed by atoms with van der Waals surface area (Å²) in [5.74, 6) is 0.594. The van der Waals surface area contributed by atoms with Crippen molar-refractivity contribution in [2.45, 2.75) is 18.7 Å². The zero-order valence-corrected chi connectivity index (χ0v) is 12.9. The molecule has 2 aromatic heterocycles. The van der Waals surface area contributed by atoms with Crippen LogP contribution in [0.4, 0.5) is 5.95 Å². The molecule has 0 bridgehead atoms. The van der Waals surface area contributed by atoms with Crippen LogP contribution in [-0.4, -0.2) is 39.4 Å². The number of aryl methyl sites for hydroxylation is 1. The van der Waals surface area contributed by atoms with Crippen molar-refractivity contribution in [3.8, 4) is 0 Å². The maximum absolute atomic E-state index is 12.5. The number of thiol groups is 1. The Balaban J connectivity index is 2.50. The summed E-state index contributed by atoms with van der Waals surface area (Å²) in [6.45, 7) is 4.84. The fourth-order valence-electron chi connectivity index (χ4n) is 1.91.